The molecule has 4 nitrogen and oxygen atoms in total. The van der Waals surface area contributed by atoms with Crippen LogP contribution in [0.1, 0.15) is 43.7 Å². The van der Waals surface area contributed by atoms with Gasteiger partial charge in [-0.2, -0.15) is 10.2 Å². The van der Waals surface area contributed by atoms with Gasteiger partial charge in [0.1, 0.15) is 0 Å². The van der Waals surface area contributed by atoms with Crippen molar-refractivity contribution in [2.24, 2.45) is 0 Å². The minimum Gasteiger partial charge on any atom is -0.240 e. The van der Waals surface area contributed by atoms with Gasteiger partial charge in [0.05, 0.1) is 23.4 Å². The maximum Gasteiger partial charge on any atom is 0.0693 e. The molecule has 4 heterocycles. The minimum atomic E-state index is 0. The summed E-state index contributed by atoms with van der Waals surface area (Å²) in [5.74, 6) is 0. The number of rotatable bonds is 0. The standard InChI is InChI=1S/2C9H10N2.C2H6.CH4/c1-7-3-4-9-8(2)5-10-11(9)6-7;1-7-6-10-11-8(2)4-3-5-9(7)11;1-2;/h2*3-6H,1-2H3;1-2H3;1H4. The molecule has 134 valence electrons. The molecule has 25 heavy (non-hydrogen) atoms. The Morgan fingerprint density at radius 1 is 0.760 bits per heavy atom. The van der Waals surface area contributed by atoms with Crippen molar-refractivity contribution in [1.82, 2.24) is 19.2 Å². The molecule has 0 unspecified atom stereocenters. The lowest BCUT2D eigenvalue weighted by Gasteiger charge is -1.96. The van der Waals surface area contributed by atoms with E-state index in [2.05, 4.69) is 68.2 Å². The van der Waals surface area contributed by atoms with E-state index in [-0.39, 0.29) is 7.43 Å². The zero-order chi connectivity index (χ0) is 17.7. The SMILES string of the molecule is C.CC.Cc1ccc2c(C)cnn2c1.Cc1cnn2c(C)cccc12. The Bertz CT molecular complexity index is 932. The van der Waals surface area contributed by atoms with E-state index in [0.717, 1.165) is 0 Å². The molecule has 4 aromatic heterocycles. The fourth-order valence-electron chi connectivity index (χ4n) is 2.49. The van der Waals surface area contributed by atoms with Crippen LogP contribution in [0.25, 0.3) is 11.0 Å². The van der Waals surface area contributed by atoms with Gasteiger partial charge in [0.25, 0.3) is 0 Å². The van der Waals surface area contributed by atoms with Crippen molar-refractivity contribution in [3.63, 3.8) is 0 Å². The van der Waals surface area contributed by atoms with Gasteiger partial charge in [0.15, 0.2) is 0 Å². The van der Waals surface area contributed by atoms with Gasteiger partial charge in [0.2, 0.25) is 0 Å². The maximum absolute atomic E-state index is 4.23. The first-order valence-electron chi connectivity index (χ1n) is 8.37. The average Bonchev–Trinajstić information content (AvgIpc) is 3.15. The summed E-state index contributed by atoms with van der Waals surface area (Å²) in [6, 6.07) is 10.4. The van der Waals surface area contributed by atoms with Gasteiger partial charge in [0, 0.05) is 11.9 Å². The first-order chi connectivity index (χ1) is 11.6. The van der Waals surface area contributed by atoms with Crippen LogP contribution in [0.3, 0.4) is 0 Å². The molecule has 0 radical (unpaired) electrons. The van der Waals surface area contributed by atoms with E-state index in [4.69, 9.17) is 0 Å². The van der Waals surface area contributed by atoms with Crippen LogP contribution in [-0.2, 0) is 0 Å². The van der Waals surface area contributed by atoms with Crippen LogP contribution in [0.15, 0.2) is 48.9 Å². The summed E-state index contributed by atoms with van der Waals surface area (Å²) in [4.78, 5) is 0. The Balaban J connectivity index is 0.000000220. The lowest BCUT2D eigenvalue weighted by Crippen LogP contribution is -1.90. The highest BCUT2D eigenvalue weighted by Crippen LogP contribution is 2.10. The number of fused-ring (bicyclic) bond motifs is 2. The Morgan fingerprint density at radius 3 is 2.08 bits per heavy atom. The fraction of sp³-hybridized carbons (Fsp3) is 0.333. The Morgan fingerprint density at radius 2 is 1.40 bits per heavy atom. The second-order valence-corrected chi connectivity index (χ2v) is 5.66. The summed E-state index contributed by atoms with van der Waals surface area (Å²) in [6.45, 7) is 12.3. The number of nitrogens with zero attached hydrogens (tertiary/aromatic N) is 4. The van der Waals surface area contributed by atoms with E-state index < -0.39 is 0 Å². The third-order valence-electron chi connectivity index (χ3n) is 3.78. The fourth-order valence-corrected chi connectivity index (χ4v) is 2.49. The summed E-state index contributed by atoms with van der Waals surface area (Å²) in [7, 11) is 0. The van der Waals surface area contributed by atoms with E-state index in [1.54, 1.807) is 0 Å². The molecule has 0 aliphatic heterocycles. The molecule has 0 amide bonds. The van der Waals surface area contributed by atoms with Gasteiger partial charge in [-0.1, -0.05) is 33.4 Å². The molecule has 0 saturated carbocycles. The van der Waals surface area contributed by atoms with Crippen molar-refractivity contribution in [3.8, 4) is 0 Å². The van der Waals surface area contributed by atoms with Gasteiger partial charge in [-0.15, -0.1) is 0 Å². The van der Waals surface area contributed by atoms with Crippen LogP contribution in [0.4, 0.5) is 0 Å². The summed E-state index contributed by atoms with van der Waals surface area (Å²) in [6.07, 6.45) is 5.80. The van der Waals surface area contributed by atoms with Crippen LogP contribution in [-0.4, -0.2) is 19.2 Å². The normalized spacial score (nSPS) is 9.68. The first kappa shape index (κ1) is 20.4. The van der Waals surface area contributed by atoms with Crippen LogP contribution in [0.2, 0.25) is 0 Å². The molecule has 0 spiro atoms. The van der Waals surface area contributed by atoms with Gasteiger partial charge < -0.3 is 0 Å². The minimum absolute atomic E-state index is 0. The second-order valence-electron chi connectivity index (χ2n) is 5.66. The van der Waals surface area contributed by atoms with Crippen LogP contribution < -0.4 is 0 Å². The number of aryl methyl sites for hydroxylation is 4. The van der Waals surface area contributed by atoms with Crippen molar-refractivity contribution in [3.05, 3.63) is 71.3 Å². The molecule has 4 aromatic rings. The number of hydrogen-bond donors (Lipinski definition) is 0. The molecule has 0 aliphatic carbocycles. The Labute approximate surface area is 151 Å². The zero-order valence-electron chi connectivity index (χ0n) is 15.4. The smallest absolute Gasteiger partial charge is 0.0693 e. The lowest BCUT2D eigenvalue weighted by molar-refractivity contribution is 0.915. The molecular formula is C21H30N4. The van der Waals surface area contributed by atoms with E-state index in [9.17, 15) is 0 Å². The Kier molecular flexibility index (Phi) is 7.37. The molecule has 0 bridgehead atoms. The summed E-state index contributed by atoms with van der Waals surface area (Å²) in [5.41, 5.74) is 7.26. The zero-order valence-corrected chi connectivity index (χ0v) is 15.4. The monoisotopic (exact) mass is 338 g/mol. The molecule has 0 atom stereocenters. The average molecular weight is 338 g/mol. The maximum atomic E-state index is 4.23. The number of hydrogen-bond acceptors (Lipinski definition) is 2. The van der Waals surface area contributed by atoms with Crippen molar-refractivity contribution in [1.29, 1.82) is 0 Å². The lowest BCUT2D eigenvalue weighted by atomic mass is 10.2. The molecule has 4 rings (SSSR count). The van der Waals surface area contributed by atoms with E-state index >= 15 is 0 Å². The summed E-state index contributed by atoms with van der Waals surface area (Å²) >= 11 is 0. The van der Waals surface area contributed by atoms with Gasteiger partial charge in [-0.3, -0.25) is 0 Å². The quantitative estimate of drug-likeness (QED) is 0.420. The highest BCUT2D eigenvalue weighted by molar-refractivity contribution is 5.53. The molecule has 0 N–H and O–H groups in total. The van der Waals surface area contributed by atoms with Gasteiger partial charge in [-0.05, 0) is 62.6 Å². The summed E-state index contributed by atoms with van der Waals surface area (Å²) < 4.78 is 3.86. The van der Waals surface area contributed by atoms with Gasteiger partial charge in [-0.25, -0.2) is 9.03 Å². The molecule has 0 saturated heterocycles. The largest absolute Gasteiger partial charge is 0.240 e. The van der Waals surface area contributed by atoms with Crippen LogP contribution in [0, 0.1) is 27.7 Å². The third kappa shape index (κ3) is 4.47. The van der Waals surface area contributed by atoms with Gasteiger partial charge >= 0.3 is 0 Å². The second kappa shape index (κ2) is 9.02. The van der Waals surface area contributed by atoms with E-state index in [1.165, 1.54) is 33.4 Å². The Hall–Kier alpha value is -2.62. The number of pyridine rings is 2. The number of aromatic nitrogens is 4. The van der Waals surface area contributed by atoms with Crippen molar-refractivity contribution < 1.29 is 0 Å². The molecular weight excluding hydrogens is 308 g/mol. The molecule has 0 fully saturated rings. The molecule has 4 heteroatoms. The summed E-state index contributed by atoms with van der Waals surface area (Å²) in [5, 5.41) is 8.43. The predicted molar refractivity (Wildman–Crippen MR) is 107 cm³/mol. The van der Waals surface area contributed by atoms with Crippen molar-refractivity contribution >= 4 is 11.0 Å². The molecule has 0 aromatic carbocycles. The predicted octanol–water partition coefficient (Wildman–Crippen LogP) is 5.56. The van der Waals surface area contributed by atoms with Crippen LogP contribution >= 0.6 is 0 Å². The van der Waals surface area contributed by atoms with Crippen molar-refractivity contribution in [2.45, 2.75) is 49.0 Å². The molecule has 0 aliphatic rings. The van der Waals surface area contributed by atoms with E-state index in [1.807, 2.05) is 41.5 Å². The van der Waals surface area contributed by atoms with Crippen molar-refractivity contribution in [2.75, 3.05) is 0 Å². The van der Waals surface area contributed by atoms with E-state index in [0.29, 0.717) is 0 Å². The third-order valence-corrected chi connectivity index (χ3v) is 3.78. The van der Waals surface area contributed by atoms with Crippen LogP contribution in [0.5, 0.6) is 0 Å². The topological polar surface area (TPSA) is 34.6 Å². The highest BCUT2D eigenvalue weighted by Gasteiger charge is 1.98. The first-order valence-corrected chi connectivity index (χ1v) is 8.37. The highest BCUT2D eigenvalue weighted by atomic mass is 15.2.